The van der Waals surface area contributed by atoms with Crippen LogP contribution in [0.1, 0.15) is 27.0 Å². The molecule has 11 nitrogen and oxygen atoms in total. The van der Waals surface area contributed by atoms with Gasteiger partial charge in [-0.3, -0.25) is 9.59 Å². The molecule has 0 atom stereocenters. The molecule has 0 aliphatic carbocycles. The van der Waals surface area contributed by atoms with Crippen LogP contribution in [0, 0.1) is 13.8 Å². The molecule has 0 aliphatic rings. The average molecular weight is 645 g/mol. The maximum atomic E-state index is 12.9. The lowest BCUT2D eigenvalue weighted by atomic mass is 10.2. The van der Waals surface area contributed by atoms with Crippen molar-refractivity contribution in [2.45, 2.75) is 18.7 Å². The fourth-order valence-corrected chi connectivity index (χ4v) is 5.38. The standard InChI is InChI=1S/C34H32N2O9S/c1-22-5-6-23(2)31(19-22)46(40,41)45-29-17-7-24(20-30(29)43-4)8-18-33(38)44-21-32(37)35-26-11-9-25(10-12-26)34(39)36-27-13-15-28(42-3)16-14-27/h5-20H,21H2,1-4H3,(H,35,37)(H,36,39). The van der Waals surface area contributed by atoms with Crippen LogP contribution in [-0.2, 0) is 24.4 Å². The minimum atomic E-state index is -4.13. The third kappa shape index (κ3) is 8.96. The van der Waals surface area contributed by atoms with E-state index in [2.05, 4.69) is 10.6 Å². The van der Waals surface area contributed by atoms with Crippen molar-refractivity contribution < 1.29 is 41.2 Å². The van der Waals surface area contributed by atoms with E-state index in [1.165, 1.54) is 37.5 Å². The Hall–Kier alpha value is -5.62. The van der Waals surface area contributed by atoms with Crippen LogP contribution in [-0.4, -0.2) is 47.0 Å². The number of carbonyl (C=O) groups is 3. The van der Waals surface area contributed by atoms with Gasteiger partial charge < -0.3 is 29.0 Å². The molecule has 0 bridgehead atoms. The number of nitrogens with one attached hydrogen (secondary N) is 2. The molecule has 0 fully saturated rings. The Kier molecular flexibility index (Phi) is 10.8. The van der Waals surface area contributed by atoms with Crippen LogP contribution in [0.15, 0.2) is 95.9 Å². The number of hydrogen-bond donors (Lipinski definition) is 2. The lowest BCUT2D eigenvalue weighted by Crippen LogP contribution is -2.20. The van der Waals surface area contributed by atoms with Gasteiger partial charge in [0.25, 0.3) is 11.8 Å². The molecule has 238 valence electrons. The Labute approximate surface area is 266 Å². The second-order valence-corrected chi connectivity index (χ2v) is 11.5. The normalized spacial score (nSPS) is 11.0. The largest absolute Gasteiger partial charge is 0.497 e. The number of hydrogen-bond acceptors (Lipinski definition) is 9. The van der Waals surface area contributed by atoms with Gasteiger partial charge in [-0.15, -0.1) is 0 Å². The lowest BCUT2D eigenvalue weighted by Gasteiger charge is -2.13. The van der Waals surface area contributed by atoms with E-state index in [0.717, 1.165) is 11.6 Å². The zero-order valence-electron chi connectivity index (χ0n) is 25.5. The van der Waals surface area contributed by atoms with Crippen molar-refractivity contribution in [2.75, 3.05) is 31.5 Å². The zero-order chi connectivity index (χ0) is 33.3. The molecule has 4 aromatic rings. The van der Waals surface area contributed by atoms with Crippen LogP contribution in [0.3, 0.4) is 0 Å². The van der Waals surface area contributed by atoms with Crippen molar-refractivity contribution in [2.24, 2.45) is 0 Å². The van der Waals surface area contributed by atoms with Crippen molar-refractivity contribution >= 4 is 45.4 Å². The first-order valence-corrected chi connectivity index (χ1v) is 15.3. The van der Waals surface area contributed by atoms with E-state index in [0.29, 0.717) is 33.8 Å². The molecule has 0 spiro atoms. The molecule has 0 heterocycles. The molecule has 4 aromatic carbocycles. The van der Waals surface area contributed by atoms with E-state index in [1.54, 1.807) is 81.6 Å². The quantitative estimate of drug-likeness (QED) is 0.115. The first-order chi connectivity index (χ1) is 22.0. The molecule has 0 saturated carbocycles. The Bertz CT molecular complexity index is 1870. The van der Waals surface area contributed by atoms with Crippen LogP contribution in [0.5, 0.6) is 17.2 Å². The first-order valence-electron chi connectivity index (χ1n) is 13.9. The van der Waals surface area contributed by atoms with E-state index in [9.17, 15) is 22.8 Å². The van der Waals surface area contributed by atoms with E-state index in [-0.39, 0.29) is 22.3 Å². The molecule has 2 N–H and O–H groups in total. The zero-order valence-corrected chi connectivity index (χ0v) is 26.3. The van der Waals surface area contributed by atoms with Gasteiger partial charge in [0.1, 0.15) is 10.6 Å². The van der Waals surface area contributed by atoms with Gasteiger partial charge in [0.2, 0.25) is 0 Å². The highest BCUT2D eigenvalue weighted by atomic mass is 32.2. The molecular weight excluding hydrogens is 612 g/mol. The number of esters is 1. The second-order valence-electron chi connectivity index (χ2n) is 9.97. The summed E-state index contributed by atoms with van der Waals surface area (Å²) in [5, 5.41) is 5.36. The van der Waals surface area contributed by atoms with Crippen LogP contribution in [0.25, 0.3) is 6.08 Å². The summed E-state index contributed by atoms with van der Waals surface area (Å²) >= 11 is 0. The summed E-state index contributed by atoms with van der Waals surface area (Å²) in [4.78, 5) is 37.1. The Morgan fingerprint density at radius 3 is 2.11 bits per heavy atom. The van der Waals surface area contributed by atoms with Gasteiger partial charge in [-0.1, -0.05) is 18.2 Å². The van der Waals surface area contributed by atoms with Crippen molar-refractivity contribution in [1.29, 1.82) is 0 Å². The number of ether oxygens (including phenoxy) is 3. The fraction of sp³-hybridized carbons (Fsp3) is 0.147. The molecular formula is C34H32N2O9S. The summed E-state index contributed by atoms with van der Waals surface area (Å²) in [6.45, 7) is 2.91. The third-order valence-electron chi connectivity index (χ3n) is 6.54. The van der Waals surface area contributed by atoms with E-state index in [1.807, 2.05) is 0 Å². The van der Waals surface area contributed by atoms with Gasteiger partial charge in [-0.05, 0) is 103 Å². The number of benzene rings is 4. The predicted molar refractivity (Wildman–Crippen MR) is 173 cm³/mol. The molecule has 0 aliphatic heterocycles. The van der Waals surface area contributed by atoms with Crippen molar-refractivity contribution in [3.8, 4) is 17.2 Å². The molecule has 0 unspecified atom stereocenters. The van der Waals surface area contributed by atoms with Crippen molar-refractivity contribution in [3.05, 3.63) is 113 Å². The van der Waals surface area contributed by atoms with E-state index >= 15 is 0 Å². The van der Waals surface area contributed by atoms with Crippen LogP contribution in [0.2, 0.25) is 0 Å². The summed E-state index contributed by atoms with van der Waals surface area (Å²) in [7, 11) is -1.21. The molecule has 46 heavy (non-hydrogen) atoms. The van der Waals surface area contributed by atoms with Crippen LogP contribution in [0.4, 0.5) is 11.4 Å². The molecule has 4 rings (SSSR count). The van der Waals surface area contributed by atoms with Gasteiger partial charge in [-0.2, -0.15) is 8.42 Å². The highest BCUT2D eigenvalue weighted by molar-refractivity contribution is 7.87. The van der Waals surface area contributed by atoms with Gasteiger partial charge in [-0.25, -0.2) is 4.79 Å². The van der Waals surface area contributed by atoms with Crippen molar-refractivity contribution in [3.63, 3.8) is 0 Å². The number of anilines is 2. The summed E-state index contributed by atoms with van der Waals surface area (Å²) in [5.41, 5.74) is 3.19. The molecule has 2 amide bonds. The maximum Gasteiger partial charge on any atom is 0.339 e. The van der Waals surface area contributed by atoms with E-state index < -0.39 is 28.6 Å². The highest BCUT2D eigenvalue weighted by Gasteiger charge is 2.21. The summed E-state index contributed by atoms with van der Waals surface area (Å²) < 4.78 is 46.6. The monoisotopic (exact) mass is 644 g/mol. The van der Waals surface area contributed by atoms with Gasteiger partial charge in [0.05, 0.1) is 14.2 Å². The predicted octanol–water partition coefficient (Wildman–Crippen LogP) is 5.54. The van der Waals surface area contributed by atoms with Crippen molar-refractivity contribution in [1.82, 2.24) is 0 Å². The molecule has 0 saturated heterocycles. The molecule has 0 aromatic heterocycles. The number of aryl methyl sites for hydroxylation is 2. The minimum absolute atomic E-state index is 0.0225. The SMILES string of the molecule is COc1ccc(NC(=O)c2ccc(NC(=O)COC(=O)C=Cc3ccc(OS(=O)(=O)c4cc(C)ccc4C)c(OC)c3)cc2)cc1. The molecule has 0 radical (unpaired) electrons. The van der Waals surface area contributed by atoms with Crippen LogP contribution >= 0.6 is 0 Å². The highest BCUT2D eigenvalue weighted by Crippen LogP contribution is 2.32. The second kappa shape index (κ2) is 14.9. The lowest BCUT2D eigenvalue weighted by molar-refractivity contribution is -0.142. The Morgan fingerprint density at radius 2 is 1.43 bits per heavy atom. The summed E-state index contributed by atoms with van der Waals surface area (Å²) in [5.74, 6) is -0.908. The number of carbonyl (C=O) groups excluding carboxylic acids is 3. The number of amides is 2. The minimum Gasteiger partial charge on any atom is -0.497 e. The Morgan fingerprint density at radius 1 is 0.761 bits per heavy atom. The summed E-state index contributed by atoms with van der Waals surface area (Å²) in [6.07, 6.45) is 2.53. The smallest absolute Gasteiger partial charge is 0.339 e. The van der Waals surface area contributed by atoms with Gasteiger partial charge in [0.15, 0.2) is 18.1 Å². The number of methoxy groups -OCH3 is 2. The number of rotatable bonds is 12. The maximum absolute atomic E-state index is 12.9. The van der Waals surface area contributed by atoms with Gasteiger partial charge >= 0.3 is 16.1 Å². The average Bonchev–Trinajstić information content (AvgIpc) is 3.04. The van der Waals surface area contributed by atoms with E-state index in [4.69, 9.17) is 18.4 Å². The fourth-order valence-electron chi connectivity index (χ4n) is 4.13. The Balaban J connectivity index is 1.28. The topological polar surface area (TPSA) is 146 Å². The summed E-state index contributed by atoms with van der Waals surface area (Å²) in [6, 6.07) is 22.6. The first kappa shape index (κ1) is 33.3. The van der Waals surface area contributed by atoms with Gasteiger partial charge in [0, 0.05) is 23.0 Å². The van der Waals surface area contributed by atoms with Crippen LogP contribution < -0.4 is 24.3 Å². The third-order valence-corrected chi connectivity index (χ3v) is 7.91. The molecule has 12 heteroatoms.